The van der Waals surface area contributed by atoms with Crippen molar-refractivity contribution in [3.8, 4) is 44.9 Å². The molecule has 0 aromatic heterocycles. The lowest BCUT2D eigenvalue weighted by Crippen LogP contribution is -1.93. The Labute approximate surface area is 198 Å². The zero-order chi connectivity index (χ0) is 23.1. The van der Waals surface area contributed by atoms with Gasteiger partial charge in [-0.1, -0.05) is 109 Å². The number of hydrogen-bond acceptors (Lipinski definition) is 2. The van der Waals surface area contributed by atoms with E-state index in [0.29, 0.717) is 0 Å². The van der Waals surface area contributed by atoms with E-state index in [1.54, 1.807) is 12.1 Å². The summed E-state index contributed by atoms with van der Waals surface area (Å²) in [5, 5.41) is 26.0. The fourth-order valence-corrected chi connectivity index (χ4v) is 4.93. The summed E-state index contributed by atoms with van der Waals surface area (Å²) in [7, 11) is 0. The van der Waals surface area contributed by atoms with Gasteiger partial charge in [-0.2, -0.15) is 0 Å². The summed E-state index contributed by atoms with van der Waals surface area (Å²) in [6.07, 6.45) is 0. The third-order valence-electron chi connectivity index (χ3n) is 6.50. The second-order valence-corrected chi connectivity index (χ2v) is 8.45. The zero-order valence-electron chi connectivity index (χ0n) is 18.4. The van der Waals surface area contributed by atoms with Gasteiger partial charge in [0.2, 0.25) is 0 Å². The Morgan fingerprint density at radius 3 is 1.15 bits per heavy atom. The molecule has 0 aliphatic carbocycles. The van der Waals surface area contributed by atoms with Crippen molar-refractivity contribution in [1.29, 1.82) is 0 Å². The van der Waals surface area contributed by atoms with E-state index in [-0.39, 0.29) is 11.5 Å². The van der Waals surface area contributed by atoms with Gasteiger partial charge >= 0.3 is 0 Å². The highest BCUT2D eigenvalue weighted by molar-refractivity contribution is 6.15. The van der Waals surface area contributed by atoms with Gasteiger partial charge in [0.25, 0.3) is 0 Å². The fourth-order valence-electron chi connectivity index (χ4n) is 4.93. The van der Waals surface area contributed by atoms with E-state index in [4.69, 9.17) is 0 Å². The Morgan fingerprint density at radius 2 is 0.706 bits per heavy atom. The first-order chi connectivity index (χ1) is 16.7. The normalized spacial score (nSPS) is 11.2. The van der Waals surface area contributed by atoms with E-state index in [2.05, 4.69) is 48.5 Å². The van der Waals surface area contributed by atoms with E-state index >= 15 is 0 Å². The molecule has 0 aliphatic rings. The van der Waals surface area contributed by atoms with Crippen LogP contribution in [0, 0.1) is 0 Å². The van der Waals surface area contributed by atoms with Gasteiger partial charge in [0.1, 0.15) is 11.5 Å². The van der Waals surface area contributed by atoms with Crippen molar-refractivity contribution in [2.24, 2.45) is 0 Å². The van der Waals surface area contributed by atoms with Crippen LogP contribution in [0.3, 0.4) is 0 Å². The summed E-state index contributed by atoms with van der Waals surface area (Å²) in [5.41, 5.74) is 5.53. The van der Waals surface area contributed by atoms with Crippen LogP contribution in [0.4, 0.5) is 0 Å². The number of para-hydroxylation sites is 2. The van der Waals surface area contributed by atoms with Crippen molar-refractivity contribution in [3.63, 3.8) is 0 Å². The number of hydrogen-bond donors (Lipinski definition) is 2. The van der Waals surface area contributed by atoms with Crippen molar-refractivity contribution in [3.05, 3.63) is 121 Å². The molecule has 0 aliphatic heterocycles. The van der Waals surface area contributed by atoms with Crippen LogP contribution in [-0.4, -0.2) is 10.2 Å². The molecule has 0 spiro atoms. The Balaban J connectivity index is 1.84. The standard InChI is InChI=1S/C32H22O2/c33-29-15-7-5-13-25(29)27-19-17-21-9-1-3-11-23(21)31(27)32-24-12-4-2-10-22(24)18-20-28(32)26-14-6-8-16-30(26)34/h1-20,33-34H. The van der Waals surface area contributed by atoms with E-state index < -0.39 is 0 Å². The minimum atomic E-state index is 0.239. The Bertz CT molecular complexity index is 1550. The summed E-state index contributed by atoms with van der Waals surface area (Å²) in [6, 6.07) is 39.9. The van der Waals surface area contributed by atoms with Crippen molar-refractivity contribution in [2.45, 2.75) is 0 Å². The maximum absolute atomic E-state index is 10.8. The van der Waals surface area contributed by atoms with Crippen LogP contribution in [0.15, 0.2) is 121 Å². The van der Waals surface area contributed by atoms with Gasteiger partial charge in [0, 0.05) is 11.1 Å². The first-order valence-corrected chi connectivity index (χ1v) is 11.3. The Morgan fingerprint density at radius 1 is 0.324 bits per heavy atom. The molecule has 0 atom stereocenters. The molecule has 0 unspecified atom stereocenters. The van der Waals surface area contributed by atoms with E-state index in [1.807, 2.05) is 60.7 Å². The highest BCUT2D eigenvalue weighted by Gasteiger charge is 2.20. The first kappa shape index (κ1) is 20.1. The molecule has 0 saturated heterocycles. The van der Waals surface area contributed by atoms with Crippen molar-refractivity contribution >= 4 is 21.5 Å². The van der Waals surface area contributed by atoms with Gasteiger partial charge in [-0.15, -0.1) is 0 Å². The minimum absolute atomic E-state index is 0.239. The van der Waals surface area contributed by atoms with Crippen molar-refractivity contribution in [2.75, 3.05) is 0 Å². The van der Waals surface area contributed by atoms with Crippen LogP contribution in [0.1, 0.15) is 0 Å². The first-order valence-electron chi connectivity index (χ1n) is 11.3. The van der Waals surface area contributed by atoms with Gasteiger partial charge in [-0.3, -0.25) is 0 Å². The molecule has 0 amide bonds. The van der Waals surface area contributed by atoms with E-state index in [1.165, 1.54) is 0 Å². The van der Waals surface area contributed by atoms with Gasteiger partial charge < -0.3 is 10.2 Å². The molecule has 6 rings (SSSR count). The number of rotatable bonds is 3. The number of phenolic OH excluding ortho intramolecular Hbond substituents is 2. The molecule has 0 saturated carbocycles. The molecule has 6 aromatic rings. The molecule has 2 nitrogen and oxygen atoms in total. The molecular weight excluding hydrogens is 416 g/mol. The summed E-state index contributed by atoms with van der Waals surface area (Å²) in [6.45, 7) is 0. The minimum Gasteiger partial charge on any atom is -0.507 e. The largest absolute Gasteiger partial charge is 0.507 e. The van der Waals surface area contributed by atoms with Crippen LogP contribution in [0.2, 0.25) is 0 Å². The van der Waals surface area contributed by atoms with Crippen LogP contribution in [-0.2, 0) is 0 Å². The maximum Gasteiger partial charge on any atom is 0.123 e. The SMILES string of the molecule is Oc1ccccc1-c1ccc2ccccc2c1-c1c(-c2ccccc2O)ccc2ccccc12. The fraction of sp³-hybridized carbons (Fsp3) is 0. The predicted molar refractivity (Wildman–Crippen MR) is 141 cm³/mol. The van der Waals surface area contributed by atoms with Crippen molar-refractivity contribution < 1.29 is 10.2 Å². The monoisotopic (exact) mass is 438 g/mol. The van der Waals surface area contributed by atoms with Crippen molar-refractivity contribution in [1.82, 2.24) is 0 Å². The average molecular weight is 439 g/mol. The molecule has 2 N–H and O–H groups in total. The molecule has 0 heterocycles. The molecule has 34 heavy (non-hydrogen) atoms. The molecule has 6 aromatic carbocycles. The Kier molecular flexibility index (Phi) is 4.78. The molecular formula is C32H22O2. The lowest BCUT2D eigenvalue weighted by atomic mass is 9.83. The predicted octanol–water partition coefficient (Wildman–Crippen LogP) is 8.41. The van der Waals surface area contributed by atoms with Crippen LogP contribution < -0.4 is 0 Å². The summed E-state index contributed by atoms with van der Waals surface area (Å²) in [5.74, 6) is 0.478. The van der Waals surface area contributed by atoms with Gasteiger partial charge in [0.05, 0.1) is 0 Å². The molecule has 2 heteroatoms. The average Bonchev–Trinajstić information content (AvgIpc) is 2.88. The summed E-state index contributed by atoms with van der Waals surface area (Å²) >= 11 is 0. The number of benzene rings is 6. The number of phenols is 2. The second kappa shape index (κ2) is 8.09. The second-order valence-electron chi connectivity index (χ2n) is 8.45. The van der Waals surface area contributed by atoms with Crippen LogP contribution in [0.5, 0.6) is 11.5 Å². The van der Waals surface area contributed by atoms with Crippen LogP contribution in [0.25, 0.3) is 54.9 Å². The third kappa shape index (κ3) is 3.20. The topological polar surface area (TPSA) is 40.5 Å². The Hall–Kier alpha value is -4.56. The summed E-state index contributed by atoms with van der Waals surface area (Å²) in [4.78, 5) is 0. The highest BCUT2D eigenvalue weighted by atomic mass is 16.3. The van der Waals surface area contributed by atoms with Gasteiger partial charge in [0.15, 0.2) is 0 Å². The lowest BCUT2D eigenvalue weighted by Gasteiger charge is -2.20. The zero-order valence-corrected chi connectivity index (χ0v) is 18.4. The van der Waals surface area contributed by atoms with Gasteiger partial charge in [-0.05, 0) is 55.9 Å². The quantitative estimate of drug-likeness (QED) is 0.291. The molecule has 162 valence electrons. The molecule has 0 bridgehead atoms. The summed E-state index contributed by atoms with van der Waals surface area (Å²) < 4.78 is 0. The lowest BCUT2D eigenvalue weighted by molar-refractivity contribution is 0.477. The molecule has 0 fully saturated rings. The smallest absolute Gasteiger partial charge is 0.123 e. The van der Waals surface area contributed by atoms with Crippen LogP contribution >= 0.6 is 0 Å². The van der Waals surface area contributed by atoms with E-state index in [0.717, 1.165) is 54.9 Å². The van der Waals surface area contributed by atoms with Gasteiger partial charge in [-0.25, -0.2) is 0 Å². The number of aromatic hydroxyl groups is 2. The van der Waals surface area contributed by atoms with E-state index in [9.17, 15) is 10.2 Å². The maximum atomic E-state index is 10.8. The third-order valence-corrected chi connectivity index (χ3v) is 6.50. The number of fused-ring (bicyclic) bond motifs is 2. The highest BCUT2D eigenvalue weighted by Crippen LogP contribution is 2.48. The molecule has 0 radical (unpaired) electrons.